The second-order valence-electron chi connectivity index (χ2n) is 11.5. The van der Waals surface area contributed by atoms with Crippen LogP contribution in [-0.2, 0) is 27.0 Å². The zero-order chi connectivity index (χ0) is 32.1. The van der Waals surface area contributed by atoms with Crippen molar-refractivity contribution in [2.24, 2.45) is 0 Å². The highest BCUT2D eigenvalue weighted by Crippen LogP contribution is 2.37. The van der Waals surface area contributed by atoms with Gasteiger partial charge in [0.25, 0.3) is 0 Å². The largest absolute Gasteiger partial charge is 0.417 e. The van der Waals surface area contributed by atoms with Gasteiger partial charge in [-0.05, 0) is 37.9 Å². The molecule has 0 radical (unpaired) electrons. The summed E-state index contributed by atoms with van der Waals surface area (Å²) < 4.78 is 48.9. The molecule has 2 aliphatic heterocycles. The second kappa shape index (κ2) is 13.9. The third-order valence-electron chi connectivity index (χ3n) is 7.77. The van der Waals surface area contributed by atoms with Gasteiger partial charge in [-0.25, -0.2) is 14.5 Å². The summed E-state index contributed by atoms with van der Waals surface area (Å²) in [7, 11) is 3.83. The van der Waals surface area contributed by atoms with Crippen LogP contribution in [0.25, 0.3) is 16.9 Å². The molecular weight excluding hydrogens is 591 g/mol. The van der Waals surface area contributed by atoms with Crippen molar-refractivity contribution < 1.29 is 27.5 Å². The van der Waals surface area contributed by atoms with Gasteiger partial charge in [0.2, 0.25) is 5.91 Å². The Hall–Kier alpha value is -4.08. The molecule has 0 saturated carbocycles. The van der Waals surface area contributed by atoms with Gasteiger partial charge in [-0.15, -0.1) is 5.10 Å². The number of hydrogen-bond donors (Lipinski definition) is 1. The van der Waals surface area contributed by atoms with E-state index in [4.69, 9.17) is 10.5 Å². The predicted molar refractivity (Wildman–Crippen MR) is 162 cm³/mol. The summed E-state index contributed by atoms with van der Waals surface area (Å²) in [5.74, 6) is 0.0687. The van der Waals surface area contributed by atoms with E-state index >= 15 is 0 Å². The zero-order valence-corrected chi connectivity index (χ0v) is 25.5. The van der Waals surface area contributed by atoms with E-state index in [1.807, 2.05) is 30.0 Å². The van der Waals surface area contributed by atoms with Gasteiger partial charge in [0.05, 0.1) is 24.3 Å². The number of allylic oxidation sites excluding steroid dienone is 1. The highest BCUT2D eigenvalue weighted by molar-refractivity contribution is 5.92. The Morgan fingerprint density at radius 1 is 1.07 bits per heavy atom. The number of carbonyl (C=O) groups excluding carboxylic acids is 2. The van der Waals surface area contributed by atoms with Gasteiger partial charge in [-0.3, -0.25) is 14.5 Å². The minimum absolute atomic E-state index is 0.0352. The molecule has 0 spiro atoms. The molecule has 0 aromatic carbocycles. The number of ether oxygens (including phenoxy) is 1. The number of amides is 1. The maximum Gasteiger partial charge on any atom is 0.417 e. The van der Waals surface area contributed by atoms with Crippen LogP contribution in [0.2, 0.25) is 0 Å². The van der Waals surface area contributed by atoms with Gasteiger partial charge in [0.1, 0.15) is 11.3 Å². The third kappa shape index (κ3) is 8.15. The summed E-state index contributed by atoms with van der Waals surface area (Å²) >= 11 is 0. The number of nitrogen functional groups attached to an aromatic ring is 1. The van der Waals surface area contributed by atoms with E-state index in [2.05, 4.69) is 20.0 Å². The van der Waals surface area contributed by atoms with Crippen molar-refractivity contribution in [3.05, 3.63) is 47.8 Å². The first-order valence-electron chi connectivity index (χ1n) is 14.9. The Kier molecular flexibility index (Phi) is 9.99. The molecule has 2 saturated heterocycles. The summed E-state index contributed by atoms with van der Waals surface area (Å²) in [6.07, 6.45) is 1.88. The van der Waals surface area contributed by atoms with Crippen LogP contribution in [0.3, 0.4) is 0 Å². The number of anilines is 2. The van der Waals surface area contributed by atoms with Crippen LogP contribution in [0.15, 0.2) is 36.7 Å². The fraction of sp³-hybridized carbons (Fsp3) is 0.500. The van der Waals surface area contributed by atoms with Gasteiger partial charge >= 0.3 is 6.18 Å². The lowest BCUT2D eigenvalue weighted by atomic mass is 10.1. The smallest absolute Gasteiger partial charge is 0.384 e. The van der Waals surface area contributed by atoms with E-state index in [0.29, 0.717) is 76.9 Å². The first-order chi connectivity index (χ1) is 21.5. The maximum atomic E-state index is 14.0. The minimum atomic E-state index is -4.67. The number of piperazine rings is 1. The number of hydrogen-bond acceptors (Lipinski definition) is 10. The molecule has 2 fully saturated rings. The molecule has 3 aromatic rings. The summed E-state index contributed by atoms with van der Waals surface area (Å²) in [5.41, 5.74) is 5.97. The number of alkyl halides is 3. The predicted octanol–water partition coefficient (Wildman–Crippen LogP) is 2.34. The molecule has 12 nitrogen and oxygen atoms in total. The highest BCUT2D eigenvalue weighted by Gasteiger charge is 2.36. The van der Waals surface area contributed by atoms with Crippen molar-refractivity contribution in [2.45, 2.75) is 25.6 Å². The van der Waals surface area contributed by atoms with Gasteiger partial charge in [0.15, 0.2) is 17.4 Å². The van der Waals surface area contributed by atoms with Crippen LogP contribution in [0.1, 0.15) is 24.0 Å². The number of ketones is 1. The van der Waals surface area contributed by atoms with Crippen molar-refractivity contribution >= 4 is 28.8 Å². The SMILES string of the molecule is CN(C)C/C=C/C(=O)CCC(=O)N1CCN(Cc2cc3c(N4CCOCC4)nc(-c4cnc(N)cc4C(F)(F)F)nn3c2)CC1. The molecule has 45 heavy (non-hydrogen) atoms. The number of pyridine rings is 1. The highest BCUT2D eigenvalue weighted by atomic mass is 19.4. The number of carbonyl (C=O) groups is 2. The Morgan fingerprint density at radius 3 is 2.49 bits per heavy atom. The van der Waals surface area contributed by atoms with Crippen LogP contribution in [0.5, 0.6) is 0 Å². The number of morpholine rings is 1. The summed E-state index contributed by atoms with van der Waals surface area (Å²) in [6, 6.07) is 2.75. The number of nitrogens with two attached hydrogens (primary N) is 1. The molecule has 5 rings (SSSR count). The molecule has 242 valence electrons. The van der Waals surface area contributed by atoms with E-state index in [9.17, 15) is 22.8 Å². The second-order valence-corrected chi connectivity index (χ2v) is 11.5. The number of rotatable bonds is 10. The fourth-order valence-corrected chi connectivity index (χ4v) is 5.41. The van der Waals surface area contributed by atoms with Crippen LogP contribution in [0.4, 0.5) is 24.8 Å². The lowest BCUT2D eigenvalue weighted by Crippen LogP contribution is -2.48. The molecule has 2 N–H and O–H groups in total. The van der Waals surface area contributed by atoms with E-state index in [0.717, 1.165) is 17.8 Å². The van der Waals surface area contributed by atoms with Crippen LogP contribution >= 0.6 is 0 Å². The first kappa shape index (κ1) is 32.3. The quantitative estimate of drug-likeness (QED) is 0.334. The normalized spacial score (nSPS) is 16.8. The number of likely N-dealkylation sites (N-methyl/N-ethyl adjacent to an activating group) is 1. The summed E-state index contributed by atoms with van der Waals surface area (Å²) in [5, 5.41) is 4.48. The molecule has 0 unspecified atom stereocenters. The Morgan fingerprint density at radius 2 is 1.80 bits per heavy atom. The lowest BCUT2D eigenvalue weighted by molar-refractivity contribution is -0.137. The van der Waals surface area contributed by atoms with E-state index in [1.54, 1.807) is 21.7 Å². The standard InChI is InChI=1S/C30H38F3N9O3/c1-38(2)7-3-4-22(43)5-6-27(44)40-10-8-39(9-11-40)19-21-16-25-29(41-12-14-45-15-13-41)36-28(37-42(25)20-21)23-18-35-26(34)17-24(23)30(31,32)33/h3-4,16-18,20H,5-15,19H2,1-2H3,(H2,34,35)/b4-3+. The number of nitrogens with zero attached hydrogens (tertiary/aromatic N) is 8. The van der Waals surface area contributed by atoms with Crippen molar-refractivity contribution in [1.29, 1.82) is 0 Å². The van der Waals surface area contributed by atoms with E-state index in [1.165, 1.54) is 6.08 Å². The van der Waals surface area contributed by atoms with Crippen LogP contribution < -0.4 is 10.6 Å². The van der Waals surface area contributed by atoms with Crippen molar-refractivity contribution in [2.75, 3.05) is 83.8 Å². The molecule has 3 aromatic heterocycles. The first-order valence-corrected chi connectivity index (χ1v) is 14.9. The van der Waals surface area contributed by atoms with E-state index in [-0.39, 0.29) is 41.7 Å². The molecular formula is C30H38F3N9O3. The Balaban J connectivity index is 1.29. The average molecular weight is 630 g/mol. The average Bonchev–Trinajstić information content (AvgIpc) is 3.42. The van der Waals surface area contributed by atoms with Crippen LogP contribution in [0, 0.1) is 0 Å². The van der Waals surface area contributed by atoms with Crippen molar-refractivity contribution in [3.63, 3.8) is 0 Å². The molecule has 5 heterocycles. The zero-order valence-electron chi connectivity index (χ0n) is 25.5. The molecule has 0 bridgehead atoms. The fourth-order valence-electron chi connectivity index (χ4n) is 5.41. The third-order valence-corrected chi connectivity index (χ3v) is 7.77. The summed E-state index contributed by atoms with van der Waals surface area (Å²) in [6.45, 7) is 5.63. The topological polar surface area (TPSA) is 125 Å². The molecule has 15 heteroatoms. The van der Waals surface area contributed by atoms with Gasteiger partial charge in [0, 0.05) is 77.6 Å². The molecule has 0 atom stereocenters. The Bertz CT molecular complexity index is 1540. The number of fused-ring (bicyclic) bond motifs is 1. The maximum absolute atomic E-state index is 14.0. The van der Waals surface area contributed by atoms with Gasteiger partial charge in [-0.2, -0.15) is 13.2 Å². The number of halogens is 3. The van der Waals surface area contributed by atoms with Gasteiger partial charge in [-0.1, -0.05) is 6.08 Å². The minimum Gasteiger partial charge on any atom is -0.384 e. The number of aromatic nitrogens is 4. The lowest BCUT2D eigenvalue weighted by Gasteiger charge is -2.34. The van der Waals surface area contributed by atoms with Crippen molar-refractivity contribution in [1.82, 2.24) is 34.3 Å². The monoisotopic (exact) mass is 629 g/mol. The summed E-state index contributed by atoms with van der Waals surface area (Å²) in [4.78, 5) is 41.2. The van der Waals surface area contributed by atoms with Gasteiger partial charge < -0.3 is 25.2 Å². The molecule has 2 aliphatic rings. The molecule has 1 amide bonds. The Labute approximate surface area is 259 Å². The van der Waals surface area contributed by atoms with Crippen LogP contribution in [-0.4, -0.2) is 119 Å². The van der Waals surface area contributed by atoms with Crippen molar-refractivity contribution in [3.8, 4) is 11.4 Å². The molecule has 0 aliphatic carbocycles. The van der Waals surface area contributed by atoms with E-state index < -0.39 is 11.7 Å².